The zero-order chi connectivity index (χ0) is 8.32. The van der Waals surface area contributed by atoms with E-state index in [-0.39, 0.29) is 0 Å². The normalized spacial score (nSPS) is 25.9. The average molecular weight is 173 g/mol. The molecule has 2 heteroatoms. The molecule has 1 atom stereocenters. The van der Waals surface area contributed by atoms with Gasteiger partial charge in [0.15, 0.2) is 0 Å². The molecule has 0 aromatic carbocycles. The maximum Gasteiger partial charge on any atom is 0.0184 e. The van der Waals surface area contributed by atoms with Crippen molar-refractivity contribution >= 4 is 11.8 Å². The van der Waals surface area contributed by atoms with Gasteiger partial charge in [0.1, 0.15) is 0 Å². The molecule has 0 spiro atoms. The Morgan fingerprint density at radius 3 is 2.64 bits per heavy atom. The molecular weight excluding hydrogens is 154 g/mol. The summed E-state index contributed by atoms with van der Waals surface area (Å²) in [6.07, 6.45) is 1.36. The van der Waals surface area contributed by atoms with Crippen molar-refractivity contribution in [1.82, 2.24) is 5.32 Å². The first-order valence-corrected chi connectivity index (χ1v) is 5.45. The molecule has 1 rings (SSSR count). The van der Waals surface area contributed by atoms with E-state index in [9.17, 15) is 0 Å². The van der Waals surface area contributed by atoms with Gasteiger partial charge in [-0.15, -0.1) is 0 Å². The van der Waals surface area contributed by atoms with Crippen molar-refractivity contribution in [1.29, 1.82) is 0 Å². The van der Waals surface area contributed by atoms with Crippen LogP contribution < -0.4 is 5.32 Å². The van der Waals surface area contributed by atoms with Crippen LogP contribution in [0.15, 0.2) is 0 Å². The Kier molecular flexibility index (Phi) is 3.26. The molecule has 0 amide bonds. The fraction of sp³-hybridized carbons (Fsp3) is 1.00. The SMILES string of the molecule is CC(C)(C)CSC1CCNC1. The molecule has 66 valence electrons. The average Bonchev–Trinajstić information content (AvgIpc) is 2.32. The minimum atomic E-state index is 0.493. The highest BCUT2D eigenvalue weighted by molar-refractivity contribution is 7.99. The molecule has 1 unspecified atom stereocenters. The van der Waals surface area contributed by atoms with Crippen LogP contribution in [0.2, 0.25) is 0 Å². The topological polar surface area (TPSA) is 12.0 Å². The first-order valence-electron chi connectivity index (χ1n) is 4.40. The molecule has 0 aromatic heterocycles. The standard InChI is InChI=1S/C9H19NS/c1-9(2,3)7-11-8-4-5-10-6-8/h8,10H,4-7H2,1-3H3. The van der Waals surface area contributed by atoms with Crippen LogP contribution in [0.4, 0.5) is 0 Å². The van der Waals surface area contributed by atoms with Crippen molar-refractivity contribution < 1.29 is 0 Å². The van der Waals surface area contributed by atoms with Gasteiger partial charge in [-0.1, -0.05) is 20.8 Å². The monoisotopic (exact) mass is 173 g/mol. The molecule has 1 aliphatic heterocycles. The van der Waals surface area contributed by atoms with Crippen LogP contribution in [0.5, 0.6) is 0 Å². The number of rotatable bonds is 2. The van der Waals surface area contributed by atoms with Gasteiger partial charge in [0.05, 0.1) is 0 Å². The Hall–Kier alpha value is 0.310. The Morgan fingerprint density at radius 2 is 2.18 bits per heavy atom. The first-order chi connectivity index (χ1) is 5.08. The lowest BCUT2D eigenvalue weighted by Crippen LogP contribution is -2.15. The lowest BCUT2D eigenvalue weighted by molar-refractivity contribution is 0.480. The summed E-state index contributed by atoms with van der Waals surface area (Å²) in [6.45, 7) is 9.37. The van der Waals surface area contributed by atoms with Gasteiger partial charge in [-0.05, 0) is 24.1 Å². The molecule has 11 heavy (non-hydrogen) atoms. The molecule has 1 heterocycles. The van der Waals surface area contributed by atoms with Crippen molar-refractivity contribution in [2.75, 3.05) is 18.8 Å². The van der Waals surface area contributed by atoms with E-state index >= 15 is 0 Å². The van der Waals surface area contributed by atoms with Gasteiger partial charge in [-0.25, -0.2) is 0 Å². The molecule has 1 aliphatic rings. The minimum absolute atomic E-state index is 0.493. The van der Waals surface area contributed by atoms with Crippen molar-refractivity contribution in [3.05, 3.63) is 0 Å². The summed E-state index contributed by atoms with van der Waals surface area (Å²) in [5.41, 5.74) is 0.493. The van der Waals surface area contributed by atoms with Crippen LogP contribution in [0.1, 0.15) is 27.2 Å². The Labute approximate surface area is 74.3 Å². The van der Waals surface area contributed by atoms with E-state index in [1.165, 1.54) is 25.3 Å². The minimum Gasteiger partial charge on any atom is -0.316 e. The quantitative estimate of drug-likeness (QED) is 0.686. The molecule has 0 radical (unpaired) electrons. The second-order valence-corrected chi connectivity index (χ2v) is 5.78. The van der Waals surface area contributed by atoms with Gasteiger partial charge in [-0.2, -0.15) is 11.8 Å². The third-order valence-electron chi connectivity index (χ3n) is 1.77. The summed E-state index contributed by atoms with van der Waals surface area (Å²) >= 11 is 2.13. The summed E-state index contributed by atoms with van der Waals surface area (Å²) in [7, 11) is 0. The molecule has 0 bridgehead atoms. The summed E-state index contributed by atoms with van der Waals surface area (Å²) in [4.78, 5) is 0. The van der Waals surface area contributed by atoms with Gasteiger partial charge in [0.25, 0.3) is 0 Å². The highest BCUT2D eigenvalue weighted by atomic mass is 32.2. The van der Waals surface area contributed by atoms with E-state index < -0.39 is 0 Å². The number of thioether (sulfide) groups is 1. The summed E-state index contributed by atoms with van der Waals surface area (Å²) in [6, 6.07) is 0. The van der Waals surface area contributed by atoms with Gasteiger partial charge >= 0.3 is 0 Å². The second-order valence-electron chi connectivity index (χ2n) is 4.49. The van der Waals surface area contributed by atoms with E-state index in [0.29, 0.717) is 5.41 Å². The van der Waals surface area contributed by atoms with E-state index in [1.807, 2.05) is 0 Å². The fourth-order valence-corrected chi connectivity index (χ4v) is 2.39. The van der Waals surface area contributed by atoms with Crippen LogP contribution >= 0.6 is 11.8 Å². The molecule has 0 aliphatic carbocycles. The van der Waals surface area contributed by atoms with Crippen molar-refractivity contribution in [2.24, 2.45) is 5.41 Å². The van der Waals surface area contributed by atoms with E-state index in [4.69, 9.17) is 0 Å². The molecular formula is C9H19NS. The summed E-state index contributed by atoms with van der Waals surface area (Å²) < 4.78 is 0. The highest BCUT2D eigenvalue weighted by Crippen LogP contribution is 2.26. The van der Waals surface area contributed by atoms with Crippen molar-refractivity contribution in [3.8, 4) is 0 Å². The Bertz CT molecular complexity index is 111. The third kappa shape index (κ3) is 4.02. The van der Waals surface area contributed by atoms with Crippen LogP contribution in [0.3, 0.4) is 0 Å². The van der Waals surface area contributed by atoms with E-state index in [1.54, 1.807) is 0 Å². The molecule has 0 saturated carbocycles. The maximum absolute atomic E-state index is 3.39. The predicted molar refractivity (Wildman–Crippen MR) is 53.2 cm³/mol. The summed E-state index contributed by atoms with van der Waals surface area (Å²) in [5, 5.41) is 4.27. The third-order valence-corrected chi connectivity index (χ3v) is 3.67. The zero-order valence-electron chi connectivity index (χ0n) is 7.81. The number of hydrogen-bond acceptors (Lipinski definition) is 2. The second kappa shape index (κ2) is 3.81. The van der Waals surface area contributed by atoms with E-state index in [0.717, 1.165) is 5.25 Å². The number of nitrogens with one attached hydrogen (secondary N) is 1. The fourth-order valence-electron chi connectivity index (χ4n) is 1.14. The van der Waals surface area contributed by atoms with Crippen LogP contribution in [-0.2, 0) is 0 Å². The van der Waals surface area contributed by atoms with Crippen LogP contribution in [0, 0.1) is 5.41 Å². The lowest BCUT2D eigenvalue weighted by Gasteiger charge is -2.19. The largest absolute Gasteiger partial charge is 0.316 e. The number of hydrogen-bond donors (Lipinski definition) is 1. The summed E-state index contributed by atoms with van der Waals surface area (Å²) in [5.74, 6) is 1.29. The molecule has 1 nitrogen and oxygen atoms in total. The van der Waals surface area contributed by atoms with Crippen LogP contribution in [-0.4, -0.2) is 24.1 Å². The Balaban J connectivity index is 2.11. The Morgan fingerprint density at radius 1 is 1.45 bits per heavy atom. The maximum atomic E-state index is 3.39. The highest BCUT2D eigenvalue weighted by Gasteiger charge is 2.18. The van der Waals surface area contributed by atoms with Gasteiger partial charge in [0.2, 0.25) is 0 Å². The molecule has 0 aromatic rings. The molecule has 1 saturated heterocycles. The van der Waals surface area contributed by atoms with Gasteiger partial charge in [-0.3, -0.25) is 0 Å². The van der Waals surface area contributed by atoms with Gasteiger partial charge in [0, 0.05) is 11.8 Å². The lowest BCUT2D eigenvalue weighted by atomic mass is 10.0. The van der Waals surface area contributed by atoms with Crippen molar-refractivity contribution in [3.63, 3.8) is 0 Å². The predicted octanol–water partition coefficient (Wildman–Crippen LogP) is 2.13. The smallest absolute Gasteiger partial charge is 0.0184 e. The van der Waals surface area contributed by atoms with Crippen molar-refractivity contribution in [2.45, 2.75) is 32.4 Å². The first kappa shape index (κ1) is 9.40. The van der Waals surface area contributed by atoms with Crippen LogP contribution in [0.25, 0.3) is 0 Å². The zero-order valence-corrected chi connectivity index (χ0v) is 8.63. The van der Waals surface area contributed by atoms with Gasteiger partial charge < -0.3 is 5.32 Å². The van der Waals surface area contributed by atoms with E-state index in [2.05, 4.69) is 37.8 Å². The molecule has 1 N–H and O–H groups in total. The molecule has 1 fully saturated rings.